The number of amides is 2. The predicted octanol–water partition coefficient (Wildman–Crippen LogP) is 3.25. The fourth-order valence-corrected chi connectivity index (χ4v) is 2.32. The Balaban J connectivity index is 3.11. The number of carbonyl (C=O) groups excluding carboxylic acids is 2. The topological polar surface area (TPSA) is 49.4 Å². The van der Waals surface area contributed by atoms with E-state index in [2.05, 4.69) is 5.32 Å². The maximum Gasteiger partial charge on any atom is 0.247 e. The number of halogens is 2. The van der Waals surface area contributed by atoms with E-state index < -0.39 is 11.9 Å². The molecule has 1 N–H and O–H groups in total. The SMILES string of the molecule is CC=CC=CC(=O)N(CC(=O)NC)C(C)c1ccc(F)cc1Cl. The van der Waals surface area contributed by atoms with E-state index in [0.717, 1.165) is 0 Å². The quantitative estimate of drug-likeness (QED) is 0.639. The van der Waals surface area contributed by atoms with Gasteiger partial charge in [0, 0.05) is 18.1 Å². The Morgan fingerprint density at radius 1 is 1.39 bits per heavy atom. The summed E-state index contributed by atoms with van der Waals surface area (Å²) in [6, 6.07) is 3.49. The van der Waals surface area contributed by atoms with Crippen molar-refractivity contribution in [1.29, 1.82) is 0 Å². The third kappa shape index (κ3) is 5.53. The Bertz CT molecular complexity index is 629. The van der Waals surface area contributed by atoms with Crippen LogP contribution < -0.4 is 5.32 Å². The molecule has 1 aromatic carbocycles. The Labute approximate surface area is 140 Å². The van der Waals surface area contributed by atoms with E-state index in [9.17, 15) is 14.0 Å². The van der Waals surface area contributed by atoms with Crippen LogP contribution in [0.15, 0.2) is 42.5 Å². The van der Waals surface area contributed by atoms with Gasteiger partial charge in [-0.05, 0) is 31.5 Å². The minimum absolute atomic E-state index is 0.121. The second kappa shape index (κ2) is 9.10. The van der Waals surface area contributed by atoms with Crippen LogP contribution >= 0.6 is 11.6 Å². The fraction of sp³-hybridized carbons (Fsp3) is 0.294. The van der Waals surface area contributed by atoms with E-state index >= 15 is 0 Å². The molecule has 1 rings (SSSR count). The number of hydrogen-bond acceptors (Lipinski definition) is 2. The summed E-state index contributed by atoms with van der Waals surface area (Å²) >= 11 is 6.06. The minimum atomic E-state index is -0.483. The Kier molecular flexibility index (Phi) is 7.48. The van der Waals surface area contributed by atoms with Gasteiger partial charge in [0.25, 0.3) is 0 Å². The number of rotatable bonds is 6. The highest BCUT2D eigenvalue weighted by molar-refractivity contribution is 6.31. The molecule has 1 aromatic rings. The van der Waals surface area contributed by atoms with Gasteiger partial charge in [0.05, 0.1) is 6.04 Å². The van der Waals surface area contributed by atoms with Crippen molar-refractivity contribution in [2.24, 2.45) is 0 Å². The maximum atomic E-state index is 13.2. The monoisotopic (exact) mass is 338 g/mol. The van der Waals surface area contributed by atoms with Crippen LogP contribution in [0.5, 0.6) is 0 Å². The Morgan fingerprint density at radius 2 is 2.09 bits per heavy atom. The summed E-state index contributed by atoms with van der Waals surface area (Å²) in [6.07, 6.45) is 6.47. The average Bonchev–Trinajstić information content (AvgIpc) is 2.51. The molecular formula is C17H20ClFN2O2. The third-order valence-electron chi connectivity index (χ3n) is 3.30. The molecule has 0 saturated heterocycles. The summed E-state index contributed by atoms with van der Waals surface area (Å²) < 4.78 is 13.2. The standard InChI is InChI=1S/C17H20ClFN2O2/c1-4-5-6-7-17(23)21(11-16(22)20-3)12(2)14-9-8-13(19)10-15(14)18/h4-10,12H,11H2,1-3H3,(H,20,22). The highest BCUT2D eigenvalue weighted by Crippen LogP contribution is 2.28. The van der Waals surface area contributed by atoms with Gasteiger partial charge in [-0.1, -0.05) is 35.9 Å². The van der Waals surface area contributed by atoms with Crippen LogP contribution in [0.25, 0.3) is 0 Å². The van der Waals surface area contributed by atoms with E-state index in [1.54, 1.807) is 25.2 Å². The summed E-state index contributed by atoms with van der Waals surface area (Å²) in [7, 11) is 1.50. The molecule has 0 bridgehead atoms. The first-order valence-corrected chi connectivity index (χ1v) is 7.54. The lowest BCUT2D eigenvalue weighted by Gasteiger charge is -2.28. The molecule has 0 spiro atoms. The highest BCUT2D eigenvalue weighted by atomic mass is 35.5. The molecule has 6 heteroatoms. The average molecular weight is 339 g/mol. The predicted molar refractivity (Wildman–Crippen MR) is 89.6 cm³/mol. The third-order valence-corrected chi connectivity index (χ3v) is 3.63. The van der Waals surface area contributed by atoms with E-state index in [0.29, 0.717) is 5.56 Å². The zero-order valence-corrected chi connectivity index (χ0v) is 14.1. The van der Waals surface area contributed by atoms with Gasteiger partial charge in [0.15, 0.2) is 0 Å². The summed E-state index contributed by atoms with van der Waals surface area (Å²) in [5, 5.41) is 2.70. The van der Waals surface area contributed by atoms with Crippen molar-refractivity contribution in [3.8, 4) is 0 Å². The molecule has 0 saturated carbocycles. The molecule has 0 aliphatic heterocycles. The molecule has 0 aromatic heterocycles. The van der Waals surface area contributed by atoms with Gasteiger partial charge in [0.1, 0.15) is 12.4 Å². The molecule has 0 radical (unpaired) electrons. The number of carbonyl (C=O) groups is 2. The van der Waals surface area contributed by atoms with E-state index in [-0.39, 0.29) is 23.4 Å². The Morgan fingerprint density at radius 3 is 2.65 bits per heavy atom. The molecule has 2 amide bonds. The number of benzene rings is 1. The number of likely N-dealkylation sites (N-methyl/N-ethyl adjacent to an activating group) is 1. The molecule has 0 aliphatic carbocycles. The molecule has 0 aliphatic rings. The smallest absolute Gasteiger partial charge is 0.247 e. The molecule has 4 nitrogen and oxygen atoms in total. The second-order valence-electron chi connectivity index (χ2n) is 4.87. The Hall–Kier alpha value is -2.14. The van der Waals surface area contributed by atoms with E-state index in [4.69, 9.17) is 11.6 Å². The normalized spacial score (nSPS) is 12.6. The lowest BCUT2D eigenvalue weighted by Crippen LogP contribution is -2.40. The van der Waals surface area contributed by atoms with Crippen LogP contribution in [0.4, 0.5) is 4.39 Å². The van der Waals surface area contributed by atoms with Crippen LogP contribution in [-0.4, -0.2) is 30.3 Å². The van der Waals surface area contributed by atoms with Gasteiger partial charge in [0.2, 0.25) is 11.8 Å². The van der Waals surface area contributed by atoms with Gasteiger partial charge in [-0.2, -0.15) is 0 Å². The lowest BCUT2D eigenvalue weighted by molar-refractivity contribution is -0.134. The molecule has 1 atom stereocenters. The maximum absolute atomic E-state index is 13.2. The molecule has 0 heterocycles. The summed E-state index contributed by atoms with van der Waals surface area (Å²) in [5.41, 5.74) is 0.574. The summed E-state index contributed by atoms with van der Waals surface area (Å²) in [4.78, 5) is 25.4. The zero-order valence-electron chi connectivity index (χ0n) is 13.3. The summed E-state index contributed by atoms with van der Waals surface area (Å²) in [6.45, 7) is 3.45. The van der Waals surface area contributed by atoms with E-state index in [1.807, 2.05) is 6.92 Å². The second-order valence-corrected chi connectivity index (χ2v) is 5.27. The van der Waals surface area contributed by atoms with Crippen molar-refractivity contribution in [3.63, 3.8) is 0 Å². The minimum Gasteiger partial charge on any atom is -0.358 e. The van der Waals surface area contributed by atoms with Gasteiger partial charge < -0.3 is 10.2 Å². The van der Waals surface area contributed by atoms with Crippen molar-refractivity contribution in [2.45, 2.75) is 19.9 Å². The number of nitrogens with zero attached hydrogens (tertiary/aromatic N) is 1. The van der Waals surface area contributed by atoms with Crippen LogP contribution in [0.1, 0.15) is 25.5 Å². The van der Waals surface area contributed by atoms with Crippen molar-refractivity contribution >= 4 is 23.4 Å². The zero-order chi connectivity index (χ0) is 17.4. The van der Waals surface area contributed by atoms with Crippen LogP contribution in [0.2, 0.25) is 5.02 Å². The number of hydrogen-bond donors (Lipinski definition) is 1. The van der Waals surface area contributed by atoms with Crippen LogP contribution in [0.3, 0.4) is 0 Å². The molecular weight excluding hydrogens is 319 g/mol. The van der Waals surface area contributed by atoms with E-state index in [1.165, 1.54) is 36.2 Å². The molecule has 23 heavy (non-hydrogen) atoms. The first-order chi connectivity index (χ1) is 10.9. The molecule has 124 valence electrons. The lowest BCUT2D eigenvalue weighted by atomic mass is 10.1. The molecule has 0 fully saturated rings. The summed E-state index contributed by atoms with van der Waals surface area (Å²) in [5.74, 6) is -1.09. The number of nitrogens with one attached hydrogen (secondary N) is 1. The van der Waals surface area contributed by atoms with Gasteiger partial charge in [-0.25, -0.2) is 4.39 Å². The van der Waals surface area contributed by atoms with Crippen LogP contribution in [-0.2, 0) is 9.59 Å². The van der Waals surface area contributed by atoms with Gasteiger partial charge in [-0.15, -0.1) is 0 Å². The first kappa shape index (κ1) is 18.9. The van der Waals surface area contributed by atoms with Gasteiger partial charge in [-0.3, -0.25) is 9.59 Å². The van der Waals surface area contributed by atoms with Crippen molar-refractivity contribution in [2.75, 3.05) is 13.6 Å². The largest absolute Gasteiger partial charge is 0.358 e. The fourth-order valence-electron chi connectivity index (χ4n) is 1.99. The first-order valence-electron chi connectivity index (χ1n) is 7.16. The molecule has 1 unspecified atom stereocenters. The van der Waals surface area contributed by atoms with Crippen molar-refractivity contribution in [3.05, 3.63) is 58.9 Å². The highest BCUT2D eigenvalue weighted by Gasteiger charge is 2.23. The van der Waals surface area contributed by atoms with Gasteiger partial charge >= 0.3 is 0 Å². The van der Waals surface area contributed by atoms with Crippen molar-refractivity contribution in [1.82, 2.24) is 10.2 Å². The van der Waals surface area contributed by atoms with Crippen LogP contribution in [0, 0.1) is 5.82 Å². The van der Waals surface area contributed by atoms with Crippen molar-refractivity contribution < 1.29 is 14.0 Å². The number of allylic oxidation sites excluding steroid dienone is 3.